The molecule has 5 heteroatoms. The summed E-state index contributed by atoms with van der Waals surface area (Å²) in [5, 5.41) is 10.0. The molecule has 0 amide bonds. The number of hydrogen-bond acceptors (Lipinski definition) is 4. The molecule has 1 aromatic carbocycles. The molecule has 0 spiro atoms. The predicted molar refractivity (Wildman–Crippen MR) is 63.7 cm³/mol. The number of esters is 1. The molecular weight excluding hydrogens is 244 g/mol. The van der Waals surface area contributed by atoms with Crippen molar-refractivity contribution < 1.29 is 19.4 Å². The van der Waals surface area contributed by atoms with Crippen LogP contribution < -0.4 is 0 Å². The average molecular weight is 255 g/mol. The second kappa shape index (κ2) is 6.06. The van der Waals surface area contributed by atoms with E-state index in [1.54, 1.807) is 25.1 Å². The van der Waals surface area contributed by atoms with Crippen molar-refractivity contribution in [3.63, 3.8) is 0 Å². The molecule has 0 unspecified atom stereocenters. The van der Waals surface area contributed by atoms with Gasteiger partial charge in [-0.2, -0.15) is 0 Å². The van der Waals surface area contributed by atoms with Gasteiger partial charge in [-0.25, -0.2) is 4.79 Å². The Morgan fingerprint density at radius 3 is 2.76 bits per heavy atom. The SMILES string of the molecule is CCOC(=O)C(=O)/C=C(/O)c1cccc(Cl)c1. The summed E-state index contributed by atoms with van der Waals surface area (Å²) in [6.45, 7) is 1.70. The third kappa shape index (κ3) is 3.92. The Labute approximate surface area is 103 Å². The first kappa shape index (κ1) is 13.3. The van der Waals surface area contributed by atoms with Crippen LogP contribution in [0.15, 0.2) is 30.3 Å². The summed E-state index contributed by atoms with van der Waals surface area (Å²) in [5.41, 5.74) is 0.357. The predicted octanol–water partition coefficient (Wildman–Crippen LogP) is 2.37. The number of benzene rings is 1. The first-order valence-corrected chi connectivity index (χ1v) is 5.30. The van der Waals surface area contributed by atoms with Crippen LogP contribution in [0.3, 0.4) is 0 Å². The molecule has 0 bridgehead atoms. The van der Waals surface area contributed by atoms with Gasteiger partial charge in [0.15, 0.2) is 0 Å². The zero-order valence-corrected chi connectivity index (χ0v) is 9.90. The van der Waals surface area contributed by atoms with Crippen molar-refractivity contribution in [1.29, 1.82) is 0 Å². The summed E-state index contributed by atoms with van der Waals surface area (Å²) in [6.07, 6.45) is 0.809. The fourth-order valence-electron chi connectivity index (χ4n) is 1.12. The molecule has 1 N–H and O–H groups in total. The molecule has 0 aliphatic heterocycles. The van der Waals surface area contributed by atoms with Crippen molar-refractivity contribution in [2.24, 2.45) is 0 Å². The van der Waals surface area contributed by atoms with Gasteiger partial charge in [-0.05, 0) is 19.1 Å². The normalized spacial score (nSPS) is 11.1. The van der Waals surface area contributed by atoms with Gasteiger partial charge in [0.05, 0.1) is 6.61 Å². The summed E-state index contributed by atoms with van der Waals surface area (Å²) < 4.78 is 4.49. The van der Waals surface area contributed by atoms with E-state index in [9.17, 15) is 14.7 Å². The Kier molecular flexibility index (Phi) is 4.72. The molecule has 0 aliphatic rings. The molecule has 0 aliphatic carbocycles. The Morgan fingerprint density at radius 1 is 1.47 bits per heavy atom. The standard InChI is InChI=1S/C12H11ClO4/c1-2-17-12(16)11(15)7-10(14)8-4-3-5-9(13)6-8/h3-7,14H,2H2,1H3/b10-7+. The molecule has 4 nitrogen and oxygen atoms in total. The second-order valence-electron chi connectivity index (χ2n) is 3.12. The number of carbonyl (C=O) groups excluding carboxylic acids is 2. The third-order valence-corrected chi connectivity index (χ3v) is 2.10. The molecule has 0 atom stereocenters. The second-order valence-corrected chi connectivity index (χ2v) is 3.56. The van der Waals surface area contributed by atoms with Gasteiger partial charge >= 0.3 is 5.97 Å². The van der Waals surface area contributed by atoms with Crippen LogP contribution in [-0.2, 0) is 14.3 Å². The van der Waals surface area contributed by atoms with Crippen molar-refractivity contribution in [3.05, 3.63) is 40.9 Å². The maximum absolute atomic E-state index is 11.3. The topological polar surface area (TPSA) is 63.6 Å². The van der Waals surface area contributed by atoms with Crippen LogP contribution in [0.4, 0.5) is 0 Å². The molecule has 17 heavy (non-hydrogen) atoms. The van der Waals surface area contributed by atoms with Crippen LogP contribution in [0.25, 0.3) is 5.76 Å². The summed E-state index contributed by atoms with van der Waals surface area (Å²) >= 11 is 5.72. The minimum atomic E-state index is -0.999. The molecule has 0 aromatic heterocycles. The monoisotopic (exact) mass is 254 g/mol. The lowest BCUT2D eigenvalue weighted by Crippen LogP contribution is -2.15. The summed E-state index contributed by atoms with van der Waals surface area (Å²) in [5.74, 6) is -2.24. The van der Waals surface area contributed by atoms with Crippen LogP contribution in [-0.4, -0.2) is 23.5 Å². The first-order chi connectivity index (χ1) is 8.04. The van der Waals surface area contributed by atoms with E-state index in [1.165, 1.54) is 6.07 Å². The summed E-state index contributed by atoms with van der Waals surface area (Å²) in [7, 11) is 0. The number of hydrogen-bond donors (Lipinski definition) is 1. The van der Waals surface area contributed by atoms with Crippen molar-refractivity contribution >= 4 is 29.1 Å². The van der Waals surface area contributed by atoms with E-state index in [0.717, 1.165) is 6.08 Å². The smallest absolute Gasteiger partial charge is 0.379 e. The van der Waals surface area contributed by atoms with Crippen LogP contribution in [0.1, 0.15) is 12.5 Å². The van der Waals surface area contributed by atoms with Crippen molar-refractivity contribution in [2.75, 3.05) is 6.61 Å². The largest absolute Gasteiger partial charge is 0.507 e. The average Bonchev–Trinajstić information content (AvgIpc) is 2.29. The highest BCUT2D eigenvalue weighted by Crippen LogP contribution is 2.16. The van der Waals surface area contributed by atoms with Gasteiger partial charge in [0.25, 0.3) is 5.78 Å². The van der Waals surface area contributed by atoms with E-state index in [-0.39, 0.29) is 12.4 Å². The van der Waals surface area contributed by atoms with Gasteiger partial charge in [-0.15, -0.1) is 0 Å². The van der Waals surface area contributed by atoms with E-state index in [0.29, 0.717) is 10.6 Å². The molecule has 1 rings (SSSR count). The fraction of sp³-hybridized carbons (Fsp3) is 0.167. The number of carbonyl (C=O) groups is 2. The lowest BCUT2D eigenvalue weighted by Gasteiger charge is -2.01. The lowest BCUT2D eigenvalue weighted by atomic mass is 10.1. The highest BCUT2D eigenvalue weighted by atomic mass is 35.5. The summed E-state index contributed by atoms with van der Waals surface area (Å²) in [4.78, 5) is 22.3. The van der Waals surface area contributed by atoms with Gasteiger partial charge in [0.2, 0.25) is 0 Å². The van der Waals surface area contributed by atoms with Crippen LogP contribution in [0, 0.1) is 0 Å². The Hall–Kier alpha value is -1.81. The Bertz CT molecular complexity index is 465. The van der Waals surface area contributed by atoms with E-state index in [2.05, 4.69) is 4.74 Å². The zero-order valence-electron chi connectivity index (χ0n) is 9.14. The van der Waals surface area contributed by atoms with E-state index < -0.39 is 11.8 Å². The lowest BCUT2D eigenvalue weighted by molar-refractivity contribution is -0.151. The molecule has 0 heterocycles. The molecule has 0 radical (unpaired) electrons. The highest BCUT2D eigenvalue weighted by Gasteiger charge is 2.13. The molecule has 0 saturated carbocycles. The van der Waals surface area contributed by atoms with Crippen LogP contribution in [0.5, 0.6) is 0 Å². The highest BCUT2D eigenvalue weighted by molar-refractivity contribution is 6.39. The van der Waals surface area contributed by atoms with Gasteiger partial charge in [-0.3, -0.25) is 4.79 Å². The van der Waals surface area contributed by atoms with Crippen LogP contribution in [0.2, 0.25) is 5.02 Å². The quantitative estimate of drug-likeness (QED) is 0.388. The number of aliphatic hydroxyl groups excluding tert-OH is 1. The number of ether oxygens (including phenoxy) is 1. The Balaban J connectivity index is 2.86. The molecule has 0 fully saturated rings. The number of ketones is 1. The zero-order chi connectivity index (χ0) is 12.8. The maximum Gasteiger partial charge on any atom is 0.379 e. The minimum absolute atomic E-state index is 0.107. The van der Waals surface area contributed by atoms with Crippen LogP contribution >= 0.6 is 11.6 Å². The first-order valence-electron chi connectivity index (χ1n) is 4.92. The number of halogens is 1. The summed E-state index contributed by atoms with van der Waals surface area (Å²) in [6, 6.07) is 6.30. The minimum Gasteiger partial charge on any atom is -0.507 e. The maximum atomic E-state index is 11.3. The van der Waals surface area contributed by atoms with E-state index >= 15 is 0 Å². The molecule has 1 aromatic rings. The molecule has 0 saturated heterocycles. The Morgan fingerprint density at radius 2 is 2.18 bits per heavy atom. The van der Waals surface area contributed by atoms with Gasteiger partial charge in [-0.1, -0.05) is 23.7 Å². The van der Waals surface area contributed by atoms with E-state index in [1.807, 2.05) is 0 Å². The van der Waals surface area contributed by atoms with E-state index in [4.69, 9.17) is 11.6 Å². The molecule has 90 valence electrons. The van der Waals surface area contributed by atoms with Gasteiger partial charge < -0.3 is 9.84 Å². The van der Waals surface area contributed by atoms with Crippen molar-refractivity contribution in [1.82, 2.24) is 0 Å². The van der Waals surface area contributed by atoms with Crippen molar-refractivity contribution in [2.45, 2.75) is 6.92 Å². The fourth-order valence-corrected chi connectivity index (χ4v) is 1.31. The third-order valence-electron chi connectivity index (χ3n) is 1.86. The van der Waals surface area contributed by atoms with Gasteiger partial charge in [0, 0.05) is 16.7 Å². The van der Waals surface area contributed by atoms with Gasteiger partial charge in [0.1, 0.15) is 5.76 Å². The van der Waals surface area contributed by atoms with Crippen molar-refractivity contribution in [3.8, 4) is 0 Å². The number of rotatable bonds is 4. The molecular formula is C12H11ClO4. The number of aliphatic hydroxyl groups is 1.